The van der Waals surface area contributed by atoms with E-state index >= 15 is 0 Å². The molecule has 124 valence electrons. The minimum atomic E-state index is -0.135. The van der Waals surface area contributed by atoms with Crippen LogP contribution in [-0.4, -0.2) is 16.7 Å². The molecule has 0 aliphatic heterocycles. The Morgan fingerprint density at radius 3 is 2.32 bits per heavy atom. The second kappa shape index (κ2) is 6.65. The number of hydrazone groups is 1. The number of nitrogens with one attached hydrogen (secondary N) is 1. The molecule has 0 saturated carbocycles. The van der Waals surface area contributed by atoms with Crippen molar-refractivity contribution in [2.24, 2.45) is 5.10 Å². The smallest absolute Gasteiger partial charge is 0.241 e. The molecule has 5 nitrogen and oxygen atoms in total. The number of carbonyl (C=O) groups is 1. The van der Waals surface area contributed by atoms with Crippen molar-refractivity contribution in [2.45, 2.75) is 13.0 Å². The summed E-state index contributed by atoms with van der Waals surface area (Å²) in [5, 5.41) is 6.32. The standard InChI is InChI=1S/C20H17N3O2/c24-20(22-21-14-15-6-5-13-25-15)11-12-23-18-9-3-1-7-16(18)17-8-2-4-10-19(17)23/h1-10,13-14H,11-12H2,(H,22,24)/b21-14+. The quantitative estimate of drug-likeness (QED) is 0.445. The summed E-state index contributed by atoms with van der Waals surface area (Å²) in [4.78, 5) is 12.1. The number of aryl methyl sites for hydroxylation is 1. The second-order valence-electron chi connectivity index (χ2n) is 5.74. The highest BCUT2D eigenvalue weighted by molar-refractivity contribution is 6.08. The minimum absolute atomic E-state index is 0.135. The highest BCUT2D eigenvalue weighted by Gasteiger charge is 2.10. The molecule has 0 atom stereocenters. The fraction of sp³-hybridized carbons (Fsp3) is 0.100. The monoisotopic (exact) mass is 331 g/mol. The molecule has 0 aliphatic rings. The molecule has 0 bridgehead atoms. The highest BCUT2D eigenvalue weighted by Crippen LogP contribution is 2.28. The van der Waals surface area contributed by atoms with Crippen molar-refractivity contribution in [1.82, 2.24) is 9.99 Å². The number of amides is 1. The van der Waals surface area contributed by atoms with Crippen molar-refractivity contribution in [2.75, 3.05) is 0 Å². The summed E-state index contributed by atoms with van der Waals surface area (Å²) in [6, 6.07) is 20.1. The number of furan rings is 1. The van der Waals surface area contributed by atoms with E-state index in [0.717, 1.165) is 11.0 Å². The second-order valence-corrected chi connectivity index (χ2v) is 5.74. The Bertz CT molecular complexity index is 992. The fourth-order valence-electron chi connectivity index (χ4n) is 3.05. The molecular formula is C20H17N3O2. The van der Waals surface area contributed by atoms with Crippen LogP contribution in [0, 0.1) is 0 Å². The van der Waals surface area contributed by atoms with Gasteiger partial charge in [-0.1, -0.05) is 36.4 Å². The zero-order chi connectivity index (χ0) is 17.1. The first kappa shape index (κ1) is 15.2. The Kier molecular flexibility index (Phi) is 4.04. The number of hydrogen-bond donors (Lipinski definition) is 1. The molecular weight excluding hydrogens is 314 g/mol. The molecule has 2 heterocycles. The highest BCUT2D eigenvalue weighted by atomic mass is 16.3. The van der Waals surface area contributed by atoms with Gasteiger partial charge in [-0.2, -0.15) is 5.10 Å². The summed E-state index contributed by atoms with van der Waals surface area (Å²) in [7, 11) is 0. The van der Waals surface area contributed by atoms with E-state index in [-0.39, 0.29) is 5.91 Å². The maximum Gasteiger partial charge on any atom is 0.241 e. The van der Waals surface area contributed by atoms with E-state index in [0.29, 0.717) is 18.7 Å². The summed E-state index contributed by atoms with van der Waals surface area (Å²) in [6.07, 6.45) is 3.39. The lowest BCUT2D eigenvalue weighted by atomic mass is 10.2. The van der Waals surface area contributed by atoms with Gasteiger partial charge in [0.25, 0.3) is 0 Å². The topological polar surface area (TPSA) is 59.5 Å². The van der Waals surface area contributed by atoms with Gasteiger partial charge in [0.15, 0.2) is 0 Å². The fourth-order valence-corrected chi connectivity index (χ4v) is 3.05. The Balaban J connectivity index is 1.51. The first-order chi connectivity index (χ1) is 12.3. The molecule has 4 rings (SSSR count). The Morgan fingerprint density at radius 1 is 1.00 bits per heavy atom. The minimum Gasteiger partial charge on any atom is -0.463 e. The third kappa shape index (κ3) is 3.04. The lowest BCUT2D eigenvalue weighted by Gasteiger charge is -2.06. The van der Waals surface area contributed by atoms with Gasteiger partial charge >= 0.3 is 0 Å². The third-order valence-electron chi connectivity index (χ3n) is 4.17. The largest absolute Gasteiger partial charge is 0.463 e. The van der Waals surface area contributed by atoms with E-state index in [1.165, 1.54) is 17.0 Å². The molecule has 2 aromatic heterocycles. The van der Waals surface area contributed by atoms with Crippen molar-refractivity contribution in [3.05, 3.63) is 72.7 Å². The Morgan fingerprint density at radius 2 is 1.68 bits per heavy atom. The van der Waals surface area contributed by atoms with Crippen molar-refractivity contribution in [3.8, 4) is 0 Å². The predicted octanol–water partition coefficient (Wildman–Crippen LogP) is 3.93. The van der Waals surface area contributed by atoms with Gasteiger partial charge in [-0.15, -0.1) is 0 Å². The van der Waals surface area contributed by atoms with Crippen molar-refractivity contribution in [3.63, 3.8) is 0 Å². The van der Waals surface area contributed by atoms with Crippen molar-refractivity contribution in [1.29, 1.82) is 0 Å². The van der Waals surface area contributed by atoms with E-state index in [1.54, 1.807) is 18.4 Å². The zero-order valence-electron chi connectivity index (χ0n) is 13.6. The van der Waals surface area contributed by atoms with Gasteiger partial charge < -0.3 is 8.98 Å². The van der Waals surface area contributed by atoms with Gasteiger partial charge in [0, 0.05) is 34.8 Å². The van der Waals surface area contributed by atoms with Crippen LogP contribution >= 0.6 is 0 Å². The van der Waals surface area contributed by atoms with Crippen LogP contribution in [0.1, 0.15) is 12.2 Å². The van der Waals surface area contributed by atoms with Crippen LogP contribution in [0.5, 0.6) is 0 Å². The van der Waals surface area contributed by atoms with Crippen LogP contribution in [0.3, 0.4) is 0 Å². The summed E-state index contributed by atoms with van der Waals surface area (Å²) in [6.45, 7) is 0.593. The van der Waals surface area contributed by atoms with Crippen molar-refractivity contribution >= 4 is 33.9 Å². The average molecular weight is 331 g/mol. The summed E-state index contributed by atoms with van der Waals surface area (Å²) < 4.78 is 7.31. The number of hydrogen-bond acceptors (Lipinski definition) is 3. The number of rotatable bonds is 5. The van der Waals surface area contributed by atoms with E-state index in [4.69, 9.17) is 4.42 Å². The number of carbonyl (C=O) groups excluding carboxylic acids is 1. The number of benzene rings is 2. The summed E-state index contributed by atoms with van der Waals surface area (Å²) in [5.41, 5.74) is 4.81. The molecule has 0 saturated heterocycles. The van der Waals surface area contributed by atoms with Gasteiger partial charge in [0.2, 0.25) is 5.91 Å². The molecule has 0 unspecified atom stereocenters. The van der Waals surface area contributed by atoms with E-state index in [2.05, 4.69) is 39.4 Å². The van der Waals surface area contributed by atoms with Crippen LogP contribution in [0.2, 0.25) is 0 Å². The lowest BCUT2D eigenvalue weighted by Crippen LogP contribution is -2.19. The average Bonchev–Trinajstić information content (AvgIpc) is 3.26. The molecule has 0 aliphatic carbocycles. The van der Waals surface area contributed by atoms with Gasteiger partial charge in [-0.3, -0.25) is 4.79 Å². The number of aromatic nitrogens is 1. The molecule has 1 amide bonds. The van der Waals surface area contributed by atoms with Crippen LogP contribution in [0.25, 0.3) is 21.8 Å². The van der Waals surface area contributed by atoms with Crippen LogP contribution in [0.15, 0.2) is 76.4 Å². The normalized spacial score (nSPS) is 11.5. The summed E-state index contributed by atoms with van der Waals surface area (Å²) in [5.74, 6) is 0.465. The SMILES string of the molecule is O=C(CCn1c2ccccc2c2ccccc21)N/N=C/c1ccco1. The third-order valence-corrected chi connectivity index (χ3v) is 4.17. The number of para-hydroxylation sites is 2. The summed E-state index contributed by atoms with van der Waals surface area (Å²) >= 11 is 0. The lowest BCUT2D eigenvalue weighted by molar-refractivity contribution is -0.121. The van der Waals surface area contributed by atoms with E-state index in [1.807, 2.05) is 24.3 Å². The predicted molar refractivity (Wildman–Crippen MR) is 98.5 cm³/mol. The molecule has 25 heavy (non-hydrogen) atoms. The van der Waals surface area contributed by atoms with E-state index in [9.17, 15) is 4.79 Å². The zero-order valence-corrected chi connectivity index (χ0v) is 13.6. The van der Waals surface area contributed by atoms with Crippen molar-refractivity contribution < 1.29 is 9.21 Å². The number of nitrogens with zero attached hydrogens (tertiary/aromatic N) is 2. The molecule has 4 aromatic rings. The van der Waals surface area contributed by atoms with Crippen LogP contribution in [0.4, 0.5) is 0 Å². The maximum atomic E-state index is 12.1. The first-order valence-electron chi connectivity index (χ1n) is 8.14. The molecule has 0 radical (unpaired) electrons. The molecule has 0 fully saturated rings. The Labute approximate surface area is 144 Å². The van der Waals surface area contributed by atoms with Crippen LogP contribution < -0.4 is 5.43 Å². The first-order valence-corrected chi connectivity index (χ1v) is 8.14. The number of fused-ring (bicyclic) bond motifs is 3. The maximum absolute atomic E-state index is 12.1. The molecule has 5 heteroatoms. The Hall–Kier alpha value is -3.34. The van der Waals surface area contributed by atoms with Crippen LogP contribution in [-0.2, 0) is 11.3 Å². The molecule has 1 N–H and O–H groups in total. The van der Waals surface area contributed by atoms with Gasteiger partial charge in [-0.05, 0) is 24.3 Å². The van der Waals surface area contributed by atoms with Gasteiger partial charge in [0.05, 0.1) is 12.5 Å². The molecule has 0 spiro atoms. The van der Waals surface area contributed by atoms with E-state index < -0.39 is 0 Å². The van der Waals surface area contributed by atoms with Gasteiger partial charge in [0.1, 0.15) is 5.76 Å². The van der Waals surface area contributed by atoms with Gasteiger partial charge in [-0.25, -0.2) is 5.43 Å². The molecule has 2 aromatic carbocycles.